The molecule has 1 rings (SSSR count). The van der Waals surface area contributed by atoms with E-state index in [1.807, 2.05) is 0 Å². The average Bonchev–Trinajstić information content (AvgIpc) is 2.07. The minimum atomic E-state index is -0.306. The van der Waals surface area contributed by atoms with Crippen molar-refractivity contribution in [2.45, 2.75) is 13.8 Å². The SMILES string of the molecule is CC(=O)N(C(C)=O)c1ccc(Cl)cc1. The summed E-state index contributed by atoms with van der Waals surface area (Å²) in [5.74, 6) is -0.611. The Kier molecular flexibility index (Phi) is 3.25. The predicted molar refractivity (Wildman–Crippen MR) is 55.3 cm³/mol. The van der Waals surface area contributed by atoms with Gasteiger partial charge in [0.2, 0.25) is 11.8 Å². The normalized spacial score (nSPS) is 9.64. The van der Waals surface area contributed by atoms with E-state index in [1.165, 1.54) is 13.8 Å². The maximum absolute atomic E-state index is 11.1. The van der Waals surface area contributed by atoms with E-state index in [9.17, 15) is 9.59 Å². The summed E-state index contributed by atoms with van der Waals surface area (Å²) in [5.41, 5.74) is 0.536. The highest BCUT2D eigenvalue weighted by Gasteiger charge is 2.15. The van der Waals surface area contributed by atoms with Crippen LogP contribution in [0.1, 0.15) is 13.8 Å². The fourth-order valence-corrected chi connectivity index (χ4v) is 1.30. The highest BCUT2D eigenvalue weighted by Crippen LogP contribution is 2.18. The van der Waals surface area contributed by atoms with E-state index in [-0.39, 0.29) is 11.8 Å². The van der Waals surface area contributed by atoms with Crippen molar-refractivity contribution in [1.82, 2.24) is 0 Å². The van der Waals surface area contributed by atoms with Crippen LogP contribution in [0.2, 0.25) is 5.02 Å². The molecule has 0 bridgehead atoms. The summed E-state index contributed by atoms with van der Waals surface area (Å²) < 4.78 is 0. The zero-order valence-electron chi connectivity index (χ0n) is 7.95. The molecule has 74 valence electrons. The summed E-state index contributed by atoms with van der Waals surface area (Å²) in [5, 5.41) is 0.570. The van der Waals surface area contributed by atoms with E-state index in [1.54, 1.807) is 24.3 Å². The number of hydrogen-bond acceptors (Lipinski definition) is 2. The molecule has 0 saturated heterocycles. The third-order valence-corrected chi connectivity index (χ3v) is 1.97. The maximum atomic E-state index is 11.1. The number of hydrogen-bond donors (Lipinski definition) is 0. The smallest absolute Gasteiger partial charge is 0.230 e. The molecule has 0 unspecified atom stereocenters. The van der Waals surface area contributed by atoms with Crippen molar-refractivity contribution in [3.8, 4) is 0 Å². The summed E-state index contributed by atoms with van der Waals surface area (Å²) in [6.45, 7) is 2.69. The molecule has 0 aliphatic carbocycles. The van der Waals surface area contributed by atoms with Crippen LogP contribution >= 0.6 is 11.6 Å². The first-order valence-corrected chi connectivity index (χ1v) is 4.47. The Labute approximate surface area is 87.3 Å². The van der Waals surface area contributed by atoms with Crippen LogP contribution in [0.15, 0.2) is 24.3 Å². The lowest BCUT2D eigenvalue weighted by molar-refractivity contribution is -0.124. The molecule has 1 aromatic rings. The number of carbonyl (C=O) groups is 2. The summed E-state index contributed by atoms with van der Waals surface area (Å²) in [4.78, 5) is 23.4. The second-order valence-electron chi connectivity index (χ2n) is 2.85. The minimum Gasteiger partial charge on any atom is -0.274 e. The Morgan fingerprint density at radius 1 is 1.07 bits per heavy atom. The number of benzene rings is 1. The van der Waals surface area contributed by atoms with E-state index in [0.29, 0.717) is 10.7 Å². The van der Waals surface area contributed by atoms with Gasteiger partial charge < -0.3 is 0 Å². The van der Waals surface area contributed by atoms with Gasteiger partial charge >= 0.3 is 0 Å². The number of anilines is 1. The van der Waals surface area contributed by atoms with Gasteiger partial charge in [0.15, 0.2) is 0 Å². The molecule has 0 heterocycles. The molecule has 0 radical (unpaired) electrons. The third-order valence-electron chi connectivity index (χ3n) is 1.71. The molecule has 4 heteroatoms. The molecular formula is C10H10ClNO2. The first-order chi connectivity index (χ1) is 6.52. The van der Waals surface area contributed by atoms with Crippen molar-refractivity contribution in [3.05, 3.63) is 29.3 Å². The lowest BCUT2D eigenvalue weighted by atomic mass is 10.3. The van der Waals surface area contributed by atoms with Crippen LogP contribution in [-0.2, 0) is 9.59 Å². The molecule has 0 saturated carbocycles. The average molecular weight is 212 g/mol. The van der Waals surface area contributed by atoms with Crippen LogP contribution in [0.25, 0.3) is 0 Å². The topological polar surface area (TPSA) is 37.4 Å². The molecule has 1 aromatic carbocycles. The van der Waals surface area contributed by atoms with E-state index in [4.69, 9.17) is 11.6 Å². The lowest BCUT2D eigenvalue weighted by Gasteiger charge is -2.16. The van der Waals surface area contributed by atoms with Gasteiger partial charge in [-0.05, 0) is 24.3 Å². The predicted octanol–water partition coefficient (Wildman–Crippen LogP) is 2.24. The molecule has 3 nitrogen and oxygen atoms in total. The highest BCUT2D eigenvalue weighted by molar-refractivity contribution is 6.30. The van der Waals surface area contributed by atoms with Gasteiger partial charge in [0.05, 0.1) is 5.69 Å². The number of rotatable bonds is 1. The van der Waals surface area contributed by atoms with Gasteiger partial charge in [-0.1, -0.05) is 11.6 Å². The van der Waals surface area contributed by atoms with Crippen molar-refractivity contribution < 1.29 is 9.59 Å². The molecule has 0 aliphatic rings. The fourth-order valence-electron chi connectivity index (χ4n) is 1.18. The van der Waals surface area contributed by atoms with Crippen LogP contribution in [0, 0.1) is 0 Å². The van der Waals surface area contributed by atoms with Gasteiger partial charge in [0.1, 0.15) is 0 Å². The second-order valence-corrected chi connectivity index (χ2v) is 3.29. The maximum Gasteiger partial charge on any atom is 0.230 e. The number of nitrogens with zero attached hydrogens (tertiary/aromatic N) is 1. The summed E-state index contributed by atoms with van der Waals surface area (Å²) in [6, 6.07) is 6.53. The van der Waals surface area contributed by atoms with Gasteiger partial charge in [0.25, 0.3) is 0 Å². The van der Waals surface area contributed by atoms with Crippen LogP contribution < -0.4 is 4.90 Å². The van der Waals surface area contributed by atoms with Gasteiger partial charge in [-0.3, -0.25) is 14.5 Å². The summed E-state index contributed by atoms with van der Waals surface area (Å²) in [7, 11) is 0. The molecule has 0 spiro atoms. The van der Waals surface area contributed by atoms with Crippen molar-refractivity contribution in [1.29, 1.82) is 0 Å². The monoisotopic (exact) mass is 211 g/mol. The van der Waals surface area contributed by atoms with Crippen molar-refractivity contribution >= 4 is 29.1 Å². The Morgan fingerprint density at radius 3 is 1.86 bits per heavy atom. The standard InChI is InChI=1S/C10H10ClNO2/c1-7(13)12(8(2)14)10-5-3-9(11)4-6-10/h3-6H,1-2H3. The third kappa shape index (κ3) is 2.33. The summed E-state index contributed by atoms with van der Waals surface area (Å²) in [6.07, 6.45) is 0. The molecule has 0 fully saturated rings. The molecule has 0 atom stereocenters. The van der Waals surface area contributed by atoms with Crippen molar-refractivity contribution in [3.63, 3.8) is 0 Å². The number of imide groups is 1. The molecule has 0 N–H and O–H groups in total. The van der Waals surface area contributed by atoms with Crippen LogP contribution in [0.3, 0.4) is 0 Å². The Bertz CT molecular complexity index is 345. The van der Waals surface area contributed by atoms with Gasteiger partial charge in [0, 0.05) is 18.9 Å². The van der Waals surface area contributed by atoms with Gasteiger partial charge in [-0.25, -0.2) is 0 Å². The zero-order chi connectivity index (χ0) is 10.7. The molecule has 14 heavy (non-hydrogen) atoms. The Morgan fingerprint density at radius 2 is 1.50 bits per heavy atom. The molecule has 0 aliphatic heterocycles. The number of halogens is 1. The second kappa shape index (κ2) is 4.24. The van der Waals surface area contributed by atoms with Crippen LogP contribution in [-0.4, -0.2) is 11.8 Å². The van der Waals surface area contributed by atoms with E-state index in [0.717, 1.165) is 4.90 Å². The van der Waals surface area contributed by atoms with E-state index >= 15 is 0 Å². The lowest BCUT2D eigenvalue weighted by Crippen LogP contribution is -2.32. The highest BCUT2D eigenvalue weighted by atomic mass is 35.5. The molecule has 2 amide bonds. The summed E-state index contributed by atoms with van der Waals surface area (Å²) >= 11 is 5.69. The quantitative estimate of drug-likeness (QED) is 0.715. The largest absolute Gasteiger partial charge is 0.274 e. The van der Waals surface area contributed by atoms with E-state index in [2.05, 4.69) is 0 Å². The van der Waals surface area contributed by atoms with Gasteiger partial charge in [-0.2, -0.15) is 0 Å². The Hall–Kier alpha value is -1.35. The fraction of sp³-hybridized carbons (Fsp3) is 0.200. The molecular weight excluding hydrogens is 202 g/mol. The van der Waals surface area contributed by atoms with Crippen LogP contribution in [0.5, 0.6) is 0 Å². The van der Waals surface area contributed by atoms with Gasteiger partial charge in [-0.15, -0.1) is 0 Å². The van der Waals surface area contributed by atoms with Crippen molar-refractivity contribution in [2.24, 2.45) is 0 Å². The zero-order valence-corrected chi connectivity index (χ0v) is 8.71. The minimum absolute atomic E-state index is 0.306. The number of amides is 2. The first-order valence-electron chi connectivity index (χ1n) is 4.09. The van der Waals surface area contributed by atoms with E-state index < -0.39 is 0 Å². The van der Waals surface area contributed by atoms with Crippen molar-refractivity contribution in [2.75, 3.05) is 4.90 Å². The molecule has 0 aromatic heterocycles. The first kappa shape index (κ1) is 10.7. The van der Waals surface area contributed by atoms with Crippen LogP contribution in [0.4, 0.5) is 5.69 Å². The Balaban J connectivity index is 3.06. The number of carbonyl (C=O) groups excluding carboxylic acids is 2.